The first-order chi connectivity index (χ1) is 17.7. The summed E-state index contributed by atoms with van der Waals surface area (Å²) in [6, 6.07) is 3.28. The topological polar surface area (TPSA) is 178 Å². The van der Waals surface area contributed by atoms with Gasteiger partial charge in [0.25, 0.3) is 5.91 Å². The van der Waals surface area contributed by atoms with Gasteiger partial charge in [0.15, 0.2) is 11.6 Å². The Bertz CT molecular complexity index is 1180. The summed E-state index contributed by atoms with van der Waals surface area (Å²) in [7, 11) is 1.52. The highest BCUT2D eigenvalue weighted by molar-refractivity contribution is 6.01. The van der Waals surface area contributed by atoms with Crippen molar-refractivity contribution in [1.29, 1.82) is 0 Å². The summed E-state index contributed by atoms with van der Waals surface area (Å²) in [5.41, 5.74) is 1.08. The van der Waals surface area contributed by atoms with Crippen LogP contribution in [0.5, 0.6) is 5.75 Å². The van der Waals surface area contributed by atoms with Crippen molar-refractivity contribution < 1.29 is 34.4 Å². The largest absolute Gasteiger partial charge is 0.491 e. The molecule has 13 nitrogen and oxygen atoms in total. The molecule has 2 aromatic heterocycles. The van der Waals surface area contributed by atoms with Crippen LogP contribution in [0, 0.1) is 11.3 Å². The predicted molar refractivity (Wildman–Crippen MR) is 131 cm³/mol. The number of ether oxygens (including phenoxy) is 2. The van der Waals surface area contributed by atoms with Crippen molar-refractivity contribution in [3.8, 4) is 5.75 Å². The lowest BCUT2D eigenvalue weighted by Crippen LogP contribution is -2.58. The summed E-state index contributed by atoms with van der Waals surface area (Å²) in [4.78, 5) is 35.6. The molecule has 1 spiro atoms. The summed E-state index contributed by atoms with van der Waals surface area (Å²) in [6.45, 7) is 3.25. The number of rotatable bonds is 8. The summed E-state index contributed by atoms with van der Waals surface area (Å²) in [5.74, 6) is -0.310. The van der Waals surface area contributed by atoms with Gasteiger partial charge >= 0.3 is 6.10 Å². The fraction of sp³-hybridized carbons (Fsp3) is 0.500. The Labute approximate surface area is 212 Å². The van der Waals surface area contributed by atoms with Crippen LogP contribution in [0.1, 0.15) is 36.0 Å². The Morgan fingerprint density at radius 2 is 1.92 bits per heavy atom. The van der Waals surface area contributed by atoms with Gasteiger partial charge in [-0.15, -0.1) is 0 Å². The first-order valence-electron chi connectivity index (χ1n) is 12.1. The molecule has 6 N–H and O–H groups in total. The Morgan fingerprint density at radius 3 is 2.57 bits per heavy atom. The molecule has 0 bridgehead atoms. The molecule has 2 amide bonds. The van der Waals surface area contributed by atoms with E-state index in [4.69, 9.17) is 9.47 Å². The van der Waals surface area contributed by atoms with Gasteiger partial charge < -0.3 is 40.3 Å². The minimum atomic E-state index is -3.43. The zero-order chi connectivity index (χ0) is 26.2. The van der Waals surface area contributed by atoms with E-state index in [1.165, 1.54) is 13.2 Å². The number of aromatic nitrogens is 2. The lowest BCUT2D eigenvalue weighted by atomic mass is 9.73. The fourth-order valence-corrected chi connectivity index (χ4v) is 4.76. The number of hydrogen-bond acceptors (Lipinski definition) is 11. The quantitative estimate of drug-likeness (QED) is 0.270. The van der Waals surface area contributed by atoms with Crippen molar-refractivity contribution in [3.05, 3.63) is 30.1 Å². The van der Waals surface area contributed by atoms with Gasteiger partial charge in [0, 0.05) is 56.1 Å². The van der Waals surface area contributed by atoms with E-state index in [-0.39, 0.29) is 34.3 Å². The first-order valence-corrected chi connectivity index (χ1v) is 12.1. The maximum atomic E-state index is 12.7. The number of hydrogen-bond donors (Lipinski definition) is 6. The van der Waals surface area contributed by atoms with E-state index >= 15 is 0 Å². The van der Waals surface area contributed by atoms with Crippen LogP contribution in [0.15, 0.2) is 24.5 Å². The molecule has 3 aliphatic rings. The zero-order valence-electron chi connectivity index (χ0n) is 20.4. The molecule has 5 rings (SSSR count). The second-order valence-corrected chi connectivity index (χ2v) is 9.77. The van der Waals surface area contributed by atoms with Crippen LogP contribution in [0.4, 0.5) is 23.0 Å². The minimum absolute atomic E-state index is 0.0612. The molecule has 1 aliphatic carbocycles. The van der Waals surface area contributed by atoms with E-state index in [9.17, 15) is 24.9 Å². The highest BCUT2D eigenvalue weighted by atomic mass is 16.7. The van der Waals surface area contributed by atoms with Crippen LogP contribution in [0.25, 0.3) is 0 Å². The summed E-state index contributed by atoms with van der Waals surface area (Å²) < 4.78 is 11.2. The maximum absolute atomic E-state index is 12.7. The van der Waals surface area contributed by atoms with Crippen LogP contribution >= 0.6 is 0 Å². The number of nitrogens with zero attached hydrogens (tertiary/aromatic N) is 3. The normalized spacial score (nSPS) is 18.6. The third kappa shape index (κ3) is 5.59. The van der Waals surface area contributed by atoms with Crippen LogP contribution in [0.2, 0.25) is 0 Å². The summed E-state index contributed by atoms with van der Waals surface area (Å²) >= 11 is 0. The van der Waals surface area contributed by atoms with Crippen molar-refractivity contribution in [3.63, 3.8) is 0 Å². The Hall–Kier alpha value is -3.52. The lowest BCUT2D eigenvalue weighted by molar-refractivity contribution is -0.323. The van der Waals surface area contributed by atoms with E-state index in [1.54, 1.807) is 11.5 Å². The molecule has 4 heterocycles. The molecule has 2 saturated heterocycles. The number of carbonyl (C=O) groups excluding carboxylic acids is 2. The standard InChI is InChI=1S/C24H30N6O7/c1-36-19-17(30-12-23(13-30)5-8-37-9-6-23)4-7-25-20(19)27-16-10-18(28-21(31)14-2-3-14)26-11-15(16)22(32)29-24(33,34)35/h4,7,10-11,14,33-35H,2-3,5-6,8-9,12-13H2,1H3,(H,29,32)(H2,25,26,27,28,31). The Kier molecular flexibility index (Phi) is 6.62. The van der Waals surface area contributed by atoms with Gasteiger partial charge in [-0.1, -0.05) is 0 Å². The minimum Gasteiger partial charge on any atom is -0.491 e. The van der Waals surface area contributed by atoms with Gasteiger partial charge in [0.1, 0.15) is 5.82 Å². The monoisotopic (exact) mass is 514 g/mol. The molecule has 0 radical (unpaired) electrons. The molecule has 2 aliphatic heterocycles. The fourth-order valence-electron chi connectivity index (χ4n) is 4.76. The van der Waals surface area contributed by atoms with Crippen molar-refractivity contribution in [2.45, 2.75) is 31.8 Å². The van der Waals surface area contributed by atoms with Gasteiger partial charge in [0.2, 0.25) is 5.91 Å². The molecule has 0 unspecified atom stereocenters. The number of methoxy groups -OCH3 is 1. The van der Waals surface area contributed by atoms with Crippen LogP contribution < -0.4 is 25.6 Å². The molecule has 2 aromatic rings. The second-order valence-electron chi connectivity index (χ2n) is 9.77. The highest BCUT2D eigenvalue weighted by Crippen LogP contribution is 2.46. The van der Waals surface area contributed by atoms with Gasteiger partial charge in [0.05, 0.1) is 24.0 Å². The van der Waals surface area contributed by atoms with Crippen LogP contribution in [-0.4, -0.2) is 76.6 Å². The van der Waals surface area contributed by atoms with Crippen molar-refractivity contribution in [1.82, 2.24) is 15.3 Å². The number of pyridine rings is 2. The van der Waals surface area contributed by atoms with Gasteiger partial charge in [-0.05, 0) is 31.7 Å². The number of carbonyl (C=O) groups is 2. The number of anilines is 4. The third-order valence-electron chi connectivity index (χ3n) is 6.92. The van der Waals surface area contributed by atoms with E-state index in [0.717, 1.165) is 63.9 Å². The Morgan fingerprint density at radius 1 is 1.19 bits per heavy atom. The molecular formula is C24H30N6O7. The molecule has 1 saturated carbocycles. The van der Waals surface area contributed by atoms with E-state index in [2.05, 4.69) is 25.5 Å². The van der Waals surface area contributed by atoms with E-state index in [0.29, 0.717) is 11.6 Å². The second kappa shape index (κ2) is 9.74. The molecule has 0 atom stereocenters. The number of amides is 2. The van der Waals surface area contributed by atoms with Crippen molar-refractivity contribution in [2.24, 2.45) is 11.3 Å². The molecule has 3 fully saturated rings. The maximum Gasteiger partial charge on any atom is 0.369 e. The summed E-state index contributed by atoms with van der Waals surface area (Å²) in [5, 5.41) is 35.1. The van der Waals surface area contributed by atoms with Gasteiger partial charge in [-0.3, -0.25) is 14.9 Å². The lowest BCUT2D eigenvalue weighted by Gasteiger charge is -2.53. The molecular weight excluding hydrogens is 484 g/mol. The zero-order valence-corrected chi connectivity index (χ0v) is 20.4. The third-order valence-corrected chi connectivity index (χ3v) is 6.92. The van der Waals surface area contributed by atoms with Crippen LogP contribution in [-0.2, 0) is 9.53 Å². The van der Waals surface area contributed by atoms with Crippen molar-refractivity contribution >= 4 is 34.8 Å². The highest BCUT2D eigenvalue weighted by Gasteiger charge is 2.45. The van der Waals surface area contributed by atoms with E-state index < -0.39 is 12.0 Å². The first kappa shape index (κ1) is 25.1. The molecule has 13 heteroatoms. The van der Waals surface area contributed by atoms with Crippen molar-refractivity contribution in [2.75, 3.05) is 48.9 Å². The predicted octanol–water partition coefficient (Wildman–Crippen LogP) is 0.512. The SMILES string of the molecule is COc1c(N2CC3(CCOCC3)C2)ccnc1Nc1cc(NC(=O)C2CC2)ncc1C(=O)NC(O)(O)O. The summed E-state index contributed by atoms with van der Waals surface area (Å²) in [6.07, 6.45) is 2.96. The molecule has 198 valence electrons. The Balaban J connectivity index is 1.43. The average Bonchev–Trinajstić information content (AvgIpc) is 3.68. The average molecular weight is 515 g/mol. The van der Waals surface area contributed by atoms with E-state index in [1.807, 2.05) is 6.07 Å². The van der Waals surface area contributed by atoms with Crippen LogP contribution in [0.3, 0.4) is 0 Å². The van der Waals surface area contributed by atoms with Gasteiger partial charge in [-0.25, -0.2) is 9.97 Å². The van der Waals surface area contributed by atoms with Gasteiger partial charge in [-0.2, -0.15) is 0 Å². The number of nitrogens with one attached hydrogen (secondary N) is 3. The number of aliphatic hydroxyl groups is 3. The molecule has 37 heavy (non-hydrogen) atoms. The smallest absolute Gasteiger partial charge is 0.369 e. The molecule has 0 aromatic carbocycles.